The molecule has 102 valence electrons. The molecule has 0 saturated carbocycles. The van der Waals surface area contributed by atoms with Crippen molar-refractivity contribution in [2.24, 2.45) is 0 Å². The average Bonchev–Trinajstić information content (AvgIpc) is 2.85. The fourth-order valence-electron chi connectivity index (χ4n) is 2.04. The highest BCUT2D eigenvalue weighted by molar-refractivity contribution is 7.17. The Morgan fingerprint density at radius 3 is 2.89 bits per heavy atom. The van der Waals surface area contributed by atoms with Crippen molar-refractivity contribution in [3.05, 3.63) is 35.2 Å². The van der Waals surface area contributed by atoms with Crippen LogP contribution >= 0.6 is 11.3 Å². The number of carbonyl (C=O) groups excluding carboxylic acids is 1. The maximum atomic E-state index is 10.8. The molecule has 0 saturated heterocycles. The number of nitrogens with one attached hydrogen (secondary N) is 1. The molecule has 3 N–H and O–H groups in total. The Kier molecular flexibility index (Phi) is 4.52. The van der Waals surface area contributed by atoms with Crippen molar-refractivity contribution in [3.63, 3.8) is 0 Å². The van der Waals surface area contributed by atoms with Crippen molar-refractivity contribution in [2.75, 3.05) is 6.54 Å². The van der Waals surface area contributed by atoms with E-state index in [4.69, 9.17) is 0 Å². The van der Waals surface area contributed by atoms with Crippen molar-refractivity contribution >= 4 is 27.3 Å². The van der Waals surface area contributed by atoms with Crippen LogP contribution in [0.4, 0.5) is 0 Å². The average molecular weight is 279 g/mol. The fourth-order valence-corrected chi connectivity index (χ4v) is 2.86. The van der Waals surface area contributed by atoms with Crippen LogP contribution in [-0.2, 0) is 4.79 Å². The highest BCUT2D eigenvalue weighted by Crippen LogP contribution is 2.30. The second-order valence-corrected chi connectivity index (χ2v) is 5.41. The molecule has 2 rings (SSSR count). The molecule has 1 amide bonds. The van der Waals surface area contributed by atoms with Gasteiger partial charge in [0.05, 0.1) is 6.10 Å². The third kappa shape index (κ3) is 3.32. The summed E-state index contributed by atoms with van der Waals surface area (Å²) in [5.41, 5.74) is 0.731. The van der Waals surface area contributed by atoms with E-state index in [0.29, 0.717) is 13.0 Å². The van der Waals surface area contributed by atoms with Crippen molar-refractivity contribution in [1.29, 1.82) is 0 Å². The summed E-state index contributed by atoms with van der Waals surface area (Å²) in [6.45, 7) is 1.78. The van der Waals surface area contributed by atoms with Crippen LogP contribution in [0.25, 0.3) is 10.1 Å². The van der Waals surface area contributed by atoms with Gasteiger partial charge in [-0.3, -0.25) is 4.79 Å². The van der Waals surface area contributed by atoms with Crippen LogP contribution in [-0.4, -0.2) is 28.8 Å². The van der Waals surface area contributed by atoms with Gasteiger partial charge in [-0.2, -0.15) is 0 Å². The highest BCUT2D eigenvalue weighted by atomic mass is 32.1. The number of carbonyl (C=O) groups is 1. The summed E-state index contributed by atoms with van der Waals surface area (Å²) in [5, 5.41) is 25.7. The number of hydrogen-bond acceptors (Lipinski definition) is 4. The maximum absolute atomic E-state index is 10.8. The van der Waals surface area contributed by atoms with Gasteiger partial charge in [-0.15, -0.1) is 11.3 Å². The smallest absolute Gasteiger partial charge is 0.216 e. The van der Waals surface area contributed by atoms with Crippen LogP contribution in [0.15, 0.2) is 29.6 Å². The van der Waals surface area contributed by atoms with E-state index in [1.165, 1.54) is 6.92 Å². The lowest BCUT2D eigenvalue weighted by Crippen LogP contribution is -2.27. The molecule has 0 aliphatic heterocycles. The minimum absolute atomic E-state index is 0.137. The normalized spacial score (nSPS) is 14.3. The monoisotopic (exact) mass is 279 g/mol. The molecule has 0 radical (unpaired) electrons. The summed E-state index contributed by atoms with van der Waals surface area (Å²) in [5.74, 6) is -0.137. The van der Waals surface area contributed by atoms with Crippen LogP contribution in [0.5, 0.6) is 0 Å². The van der Waals surface area contributed by atoms with E-state index in [-0.39, 0.29) is 5.91 Å². The van der Waals surface area contributed by atoms with E-state index in [1.807, 2.05) is 29.6 Å². The topological polar surface area (TPSA) is 69.6 Å². The standard InChI is InChI=1S/C14H17NO3S/c1-9(16)15-7-5-12(17)14(18)11-3-2-4-13-10(11)6-8-19-13/h2-4,6,8,12,14,17-18H,5,7H2,1H3,(H,15,16). The molecule has 0 aliphatic carbocycles. The quantitative estimate of drug-likeness (QED) is 0.782. The summed E-state index contributed by atoms with van der Waals surface area (Å²) < 4.78 is 1.09. The van der Waals surface area contributed by atoms with Crippen LogP contribution in [0.3, 0.4) is 0 Å². The number of fused-ring (bicyclic) bond motifs is 1. The lowest BCUT2D eigenvalue weighted by Gasteiger charge is -2.19. The largest absolute Gasteiger partial charge is 0.390 e. The van der Waals surface area contributed by atoms with E-state index in [2.05, 4.69) is 5.32 Å². The second kappa shape index (κ2) is 6.14. The van der Waals surface area contributed by atoms with Gasteiger partial charge in [0, 0.05) is 18.2 Å². The summed E-state index contributed by atoms with van der Waals surface area (Å²) in [7, 11) is 0. The molecule has 0 spiro atoms. The van der Waals surface area contributed by atoms with Gasteiger partial charge in [0.1, 0.15) is 6.10 Å². The van der Waals surface area contributed by atoms with E-state index in [1.54, 1.807) is 11.3 Å². The number of benzene rings is 1. The van der Waals surface area contributed by atoms with Crippen LogP contribution in [0, 0.1) is 0 Å². The van der Waals surface area contributed by atoms with E-state index >= 15 is 0 Å². The van der Waals surface area contributed by atoms with Crippen LogP contribution in [0.1, 0.15) is 25.0 Å². The van der Waals surface area contributed by atoms with Gasteiger partial charge in [-0.05, 0) is 34.9 Å². The molecule has 0 aliphatic rings. The number of aliphatic hydroxyl groups is 2. The van der Waals surface area contributed by atoms with Gasteiger partial charge in [0.25, 0.3) is 0 Å². The predicted molar refractivity (Wildman–Crippen MR) is 76.1 cm³/mol. The van der Waals surface area contributed by atoms with Gasteiger partial charge in [-0.1, -0.05) is 12.1 Å². The van der Waals surface area contributed by atoms with Gasteiger partial charge < -0.3 is 15.5 Å². The lowest BCUT2D eigenvalue weighted by atomic mass is 9.99. The Labute approximate surface area is 115 Å². The molecule has 0 bridgehead atoms. The molecule has 0 fully saturated rings. The minimum Gasteiger partial charge on any atom is -0.390 e. The van der Waals surface area contributed by atoms with Gasteiger partial charge in [0.15, 0.2) is 0 Å². The fraction of sp³-hybridized carbons (Fsp3) is 0.357. The Bertz CT molecular complexity index is 567. The third-order valence-electron chi connectivity index (χ3n) is 3.03. The van der Waals surface area contributed by atoms with Crippen LogP contribution < -0.4 is 5.32 Å². The first-order chi connectivity index (χ1) is 9.09. The molecule has 5 heteroatoms. The number of hydrogen-bond donors (Lipinski definition) is 3. The molecule has 2 unspecified atom stereocenters. The number of rotatable bonds is 5. The minimum atomic E-state index is -0.938. The first-order valence-corrected chi connectivity index (χ1v) is 7.04. The number of thiophene rings is 1. The van der Waals surface area contributed by atoms with Crippen molar-refractivity contribution < 1.29 is 15.0 Å². The molecule has 1 aromatic heterocycles. The summed E-state index contributed by atoms with van der Waals surface area (Å²) in [6.07, 6.45) is -1.51. The Balaban J connectivity index is 2.08. The predicted octanol–water partition coefficient (Wildman–Crippen LogP) is 1.82. The SMILES string of the molecule is CC(=O)NCCC(O)C(O)c1cccc2sccc12. The molecule has 1 aromatic carbocycles. The Hall–Kier alpha value is -1.43. The maximum Gasteiger partial charge on any atom is 0.216 e. The van der Waals surface area contributed by atoms with Crippen molar-refractivity contribution in [3.8, 4) is 0 Å². The molecule has 19 heavy (non-hydrogen) atoms. The van der Waals surface area contributed by atoms with Gasteiger partial charge >= 0.3 is 0 Å². The zero-order valence-corrected chi connectivity index (χ0v) is 11.5. The molecule has 4 nitrogen and oxygen atoms in total. The summed E-state index contributed by atoms with van der Waals surface area (Å²) in [4.78, 5) is 10.8. The Morgan fingerprint density at radius 2 is 2.16 bits per heavy atom. The number of amides is 1. The first kappa shape index (κ1) is 14.0. The molecular weight excluding hydrogens is 262 g/mol. The van der Waals surface area contributed by atoms with E-state index in [9.17, 15) is 15.0 Å². The summed E-state index contributed by atoms with van der Waals surface area (Å²) in [6, 6.07) is 7.62. The molecule has 2 aromatic rings. The van der Waals surface area contributed by atoms with Crippen molar-refractivity contribution in [1.82, 2.24) is 5.32 Å². The Morgan fingerprint density at radius 1 is 1.37 bits per heavy atom. The third-order valence-corrected chi connectivity index (χ3v) is 3.91. The van der Waals surface area contributed by atoms with E-state index < -0.39 is 12.2 Å². The summed E-state index contributed by atoms with van der Waals surface area (Å²) >= 11 is 1.60. The highest BCUT2D eigenvalue weighted by Gasteiger charge is 2.20. The van der Waals surface area contributed by atoms with Gasteiger partial charge in [-0.25, -0.2) is 0 Å². The molecule has 1 heterocycles. The van der Waals surface area contributed by atoms with Crippen LogP contribution in [0.2, 0.25) is 0 Å². The number of aliphatic hydroxyl groups excluding tert-OH is 2. The van der Waals surface area contributed by atoms with Crippen molar-refractivity contribution in [2.45, 2.75) is 25.6 Å². The molecular formula is C14H17NO3S. The second-order valence-electron chi connectivity index (χ2n) is 4.46. The zero-order chi connectivity index (χ0) is 13.8. The zero-order valence-electron chi connectivity index (χ0n) is 10.7. The first-order valence-electron chi connectivity index (χ1n) is 6.16. The lowest BCUT2D eigenvalue weighted by molar-refractivity contribution is -0.119. The van der Waals surface area contributed by atoms with Gasteiger partial charge in [0.2, 0.25) is 5.91 Å². The van der Waals surface area contributed by atoms with E-state index in [0.717, 1.165) is 15.6 Å². The molecule has 2 atom stereocenters.